The van der Waals surface area contributed by atoms with Crippen LogP contribution in [0.15, 0.2) is 24.3 Å². The van der Waals surface area contributed by atoms with E-state index in [1.807, 2.05) is 28.8 Å². The SMILES string of the molecule is COC1CCC([C@@H]2CC[N@+](c3ccc4c(c3)cc3n4C4(CCC4)OC3=O)(C(=O)[C@H]3CC[C@H]([C@H](N)CF)CC3)[C@@H]2C(N)=O)CC1. The summed E-state index contributed by atoms with van der Waals surface area (Å²) in [6, 6.07) is 6.69. The Bertz CT molecular complexity index is 1450. The first-order valence-electron chi connectivity index (χ1n) is 16.7. The maximum atomic E-state index is 15.0. The highest BCUT2D eigenvalue weighted by Gasteiger charge is 2.61. The van der Waals surface area contributed by atoms with Crippen LogP contribution in [0.2, 0.25) is 0 Å². The lowest BCUT2D eigenvalue weighted by molar-refractivity contribution is -0.142. The molecule has 238 valence electrons. The highest BCUT2D eigenvalue weighted by atomic mass is 19.1. The Balaban J connectivity index is 1.29. The molecule has 1 saturated heterocycles. The minimum atomic E-state index is -0.674. The van der Waals surface area contributed by atoms with E-state index in [2.05, 4.69) is 0 Å². The van der Waals surface area contributed by atoms with E-state index in [0.717, 1.165) is 68.0 Å². The Morgan fingerprint density at radius 3 is 2.43 bits per heavy atom. The van der Waals surface area contributed by atoms with Crippen molar-refractivity contribution in [2.45, 2.75) is 101 Å². The van der Waals surface area contributed by atoms with Crippen LogP contribution in [0.4, 0.5) is 10.1 Å². The Morgan fingerprint density at radius 2 is 1.82 bits per heavy atom. The van der Waals surface area contributed by atoms with E-state index in [0.29, 0.717) is 43.8 Å². The molecule has 1 aromatic heterocycles. The van der Waals surface area contributed by atoms with E-state index >= 15 is 0 Å². The molecule has 0 bridgehead atoms. The molecule has 3 aliphatic carbocycles. The van der Waals surface area contributed by atoms with E-state index in [4.69, 9.17) is 20.9 Å². The standard InChI is InChI=1S/C34H45FN4O5/c1-43-25-10-7-20(8-11-25)26-13-16-39(30(26)31(37)40,32(41)22-5-3-21(4-6-22)27(36)19-35)24-9-12-28-23(17-24)18-29-33(42)44-34(38(28)29)14-2-15-34/h9,12,17-18,20-22,25-27,30H,2-8,10-11,13-16,19,36H2,1H3,(H-,37,40)/p+1/t20?,21-,22-,25?,26-,27+,30-,39+/m0/s1. The maximum absolute atomic E-state index is 15.0. The summed E-state index contributed by atoms with van der Waals surface area (Å²) in [6.45, 7) is -0.0488. The smallest absolute Gasteiger partial charge is 0.357 e. The number of ether oxygens (including phenoxy) is 2. The summed E-state index contributed by atoms with van der Waals surface area (Å²) in [4.78, 5) is 41.4. The van der Waals surface area contributed by atoms with Gasteiger partial charge in [0.05, 0.1) is 24.1 Å². The van der Waals surface area contributed by atoms with E-state index in [1.54, 1.807) is 7.11 Å². The summed E-state index contributed by atoms with van der Waals surface area (Å²) in [6.07, 6.45) is 9.99. The number of esters is 1. The van der Waals surface area contributed by atoms with Crippen molar-refractivity contribution >= 4 is 34.4 Å². The summed E-state index contributed by atoms with van der Waals surface area (Å²) in [7, 11) is 1.75. The third-order valence-electron chi connectivity index (χ3n) is 12.2. The lowest BCUT2D eigenvalue weighted by Crippen LogP contribution is -2.65. The van der Waals surface area contributed by atoms with E-state index < -0.39 is 30.4 Å². The predicted octanol–water partition coefficient (Wildman–Crippen LogP) is 4.66. The molecule has 2 aliphatic heterocycles. The lowest BCUT2D eigenvalue weighted by Gasteiger charge is -2.42. The van der Waals surface area contributed by atoms with Gasteiger partial charge < -0.3 is 20.9 Å². The van der Waals surface area contributed by atoms with E-state index in [-0.39, 0.29) is 40.2 Å². The second kappa shape index (κ2) is 11.2. The highest BCUT2D eigenvalue weighted by Crippen LogP contribution is 2.51. The number of primary amides is 1. The third kappa shape index (κ3) is 4.46. The molecule has 1 aromatic carbocycles. The number of likely N-dealkylation sites (tertiary alicyclic amines) is 1. The van der Waals surface area contributed by atoms with Gasteiger partial charge in [0.25, 0.3) is 5.91 Å². The van der Waals surface area contributed by atoms with Crippen LogP contribution < -0.4 is 16.0 Å². The predicted molar refractivity (Wildman–Crippen MR) is 164 cm³/mol. The number of alkyl halides is 1. The number of nitrogens with two attached hydrogens (primary N) is 2. The Hall–Kier alpha value is -2.82. The first-order valence-corrected chi connectivity index (χ1v) is 16.7. The molecule has 0 radical (unpaired) electrons. The fraction of sp³-hybridized carbons (Fsp3) is 0.676. The third-order valence-corrected chi connectivity index (χ3v) is 12.2. The van der Waals surface area contributed by atoms with Gasteiger partial charge in [-0.1, -0.05) is 0 Å². The van der Waals surface area contributed by atoms with Gasteiger partial charge in [0.2, 0.25) is 0 Å². The second-order valence-corrected chi connectivity index (χ2v) is 14.2. The summed E-state index contributed by atoms with van der Waals surface area (Å²) in [5.41, 5.74) is 14.0. The van der Waals surface area contributed by atoms with Crippen molar-refractivity contribution in [2.75, 3.05) is 20.3 Å². The van der Waals surface area contributed by atoms with Gasteiger partial charge in [0, 0.05) is 55.9 Å². The Morgan fingerprint density at radius 1 is 1.09 bits per heavy atom. The zero-order chi connectivity index (χ0) is 30.8. The molecule has 7 rings (SSSR count). The van der Waals surface area contributed by atoms with Crippen molar-refractivity contribution in [2.24, 2.45) is 35.1 Å². The van der Waals surface area contributed by atoms with Crippen LogP contribution >= 0.6 is 0 Å². The van der Waals surface area contributed by atoms with Crippen molar-refractivity contribution in [1.82, 2.24) is 9.05 Å². The first-order chi connectivity index (χ1) is 21.2. The molecule has 2 amide bonds. The number of quaternary nitrogens is 1. The van der Waals surface area contributed by atoms with Gasteiger partial charge in [0.15, 0.2) is 11.8 Å². The zero-order valence-electron chi connectivity index (χ0n) is 25.7. The van der Waals surface area contributed by atoms with Crippen molar-refractivity contribution in [3.8, 4) is 0 Å². The topological polar surface area (TPSA) is 127 Å². The van der Waals surface area contributed by atoms with Crippen molar-refractivity contribution in [3.05, 3.63) is 30.0 Å². The molecular formula is C34H46FN4O5+. The van der Waals surface area contributed by atoms with Gasteiger partial charge in [-0.15, -0.1) is 0 Å². The molecule has 4 atom stereocenters. The van der Waals surface area contributed by atoms with Gasteiger partial charge in [-0.25, -0.2) is 18.5 Å². The summed E-state index contributed by atoms with van der Waals surface area (Å²) in [5.74, 6) is -0.618. The number of methoxy groups -OCH3 is 1. The molecule has 44 heavy (non-hydrogen) atoms. The average molecular weight is 610 g/mol. The largest absolute Gasteiger partial charge is 0.434 e. The molecule has 3 heterocycles. The fourth-order valence-electron chi connectivity index (χ4n) is 9.68. The lowest BCUT2D eigenvalue weighted by atomic mass is 9.75. The number of carbonyl (C=O) groups excluding carboxylic acids is 3. The van der Waals surface area contributed by atoms with Crippen molar-refractivity contribution < 1.29 is 28.2 Å². The molecule has 3 saturated carbocycles. The molecule has 2 aromatic rings. The van der Waals surface area contributed by atoms with Crippen LogP contribution in [0, 0.1) is 23.7 Å². The molecule has 5 aliphatic rings. The molecule has 4 fully saturated rings. The van der Waals surface area contributed by atoms with Gasteiger partial charge in [-0.05, 0) is 81.8 Å². The average Bonchev–Trinajstić information content (AvgIpc) is 3.70. The number of hydrogen-bond acceptors (Lipinski definition) is 6. The van der Waals surface area contributed by atoms with Crippen molar-refractivity contribution in [3.63, 3.8) is 0 Å². The number of halogens is 1. The van der Waals surface area contributed by atoms with Crippen LogP contribution in [0.25, 0.3) is 10.9 Å². The van der Waals surface area contributed by atoms with Gasteiger partial charge >= 0.3 is 11.9 Å². The maximum Gasteiger partial charge on any atom is 0.357 e. The van der Waals surface area contributed by atoms with Crippen LogP contribution in [0.3, 0.4) is 0 Å². The number of amides is 2. The molecule has 1 spiro atoms. The number of carbonyl (C=O) groups is 3. The second-order valence-electron chi connectivity index (χ2n) is 14.2. The molecule has 0 unspecified atom stereocenters. The van der Waals surface area contributed by atoms with Crippen LogP contribution in [-0.2, 0) is 24.8 Å². The fourth-order valence-corrected chi connectivity index (χ4v) is 9.68. The Labute approximate surface area is 258 Å². The number of hydrogen-bond donors (Lipinski definition) is 2. The van der Waals surface area contributed by atoms with Crippen molar-refractivity contribution in [1.29, 1.82) is 0 Å². The van der Waals surface area contributed by atoms with E-state index in [9.17, 15) is 18.8 Å². The minimum absolute atomic E-state index is 0.00600. The molecule has 9 nitrogen and oxygen atoms in total. The van der Waals surface area contributed by atoms with E-state index in [1.165, 1.54) is 0 Å². The monoisotopic (exact) mass is 609 g/mol. The quantitative estimate of drug-likeness (QED) is 0.347. The highest BCUT2D eigenvalue weighted by molar-refractivity contribution is 6.02. The Kier molecular flexibility index (Phi) is 7.61. The number of nitrogens with zero attached hydrogens (tertiary/aromatic N) is 2. The van der Waals surface area contributed by atoms with Crippen LogP contribution in [-0.4, -0.2) is 60.9 Å². The summed E-state index contributed by atoms with van der Waals surface area (Å²) < 4.78 is 26.7. The number of rotatable bonds is 7. The van der Waals surface area contributed by atoms with Gasteiger partial charge in [-0.2, -0.15) is 0 Å². The normalized spacial score (nSPS) is 35.3. The van der Waals surface area contributed by atoms with Crippen LogP contribution in [0.5, 0.6) is 0 Å². The summed E-state index contributed by atoms with van der Waals surface area (Å²) >= 11 is 0. The molecule has 4 N–H and O–H groups in total. The van der Waals surface area contributed by atoms with Gasteiger partial charge in [0.1, 0.15) is 18.1 Å². The number of aromatic nitrogens is 1. The summed E-state index contributed by atoms with van der Waals surface area (Å²) in [5, 5.41) is 0.871. The first kappa shape index (κ1) is 29.9. The van der Waals surface area contributed by atoms with Crippen LogP contribution in [0.1, 0.15) is 87.5 Å². The number of benzene rings is 1. The molecular weight excluding hydrogens is 563 g/mol. The zero-order valence-corrected chi connectivity index (χ0v) is 25.7. The van der Waals surface area contributed by atoms with Gasteiger partial charge in [-0.3, -0.25) is 9.36 Å². The number of fused-ring (bicyclic) bond motifs is 4. The molecule has 10 heteroatoms. The minimum Gasteiger partial charge on any atom is -0.434 e.